The number of carbonyl (C=O) groups excluding carboxylic acids is 2. The first-order valence-corrected chi connectivity index (χ1v) is 16.4. The van der Waals surface area contributed by atoms with Gasteiger partial charge in [0.15, 0.2) is 0 Å². The molecule has 45 heavy (non-hydrogen) atoms. The summed E-state index contributed by atoms with van der Waals surface area (Å²) < 4.78 is 34.8. The molecule has 0 radical (unpaired) electrons. The normalized spacial score (nSPS) is 12.0. The average molecular weight is 648 g/mol. The van der Waals surface area contributed by atoms with Crippen LogP contribution in [0, 0.1) is 6.92 Å². The van der Waals surface area contributed by atoms with E-state index in [1.807, 2.05) is 50.2 Å². The zero-order chi connectivity index (χ0) is 32.6. The molecule has 4 aromatic rings. The van der Waals surface area contributed by atoms with Crippen LogP contribution < -0.4 is 14.4 Å². The Balaban J connectivity index is 1.84. The van der Waals surface area contributed by atoms with Gasteiger partial charge in [0, 0.05) is 24.0 Å². The summed E-state index contributed by atoms with van der Waals surface area (Å²) in [5, 5.41) is 3.32. The Morgan fingerprint density at radius 1 is 0.867 bits per heavy atom. The Labute approximate surface area is 270 Å². The molecule has 0 fully saturated rings. The number of methoxy groups -OCH3 is 1. The Bertz CT molecular complexity index is 1720. The van der Waals surface area contributed by atoms with Crippen LogP contribution in [-0.2, 0) is 32.6 Å². The molecule has 0 aliphatic rings. The van der Waals surface area contributed by atoms with Crippen molar-refractivity contribution in [2.24, 2.45) is 0 Å². The maximum absolute atomic E-state index is 14.6. The maximum Gasteiger partial charge on any atom is 0.264 e. The molecule has 4 aromatic carbocycles. The average Bonchev–Trinajstić information content (AvgIpc) is 3.03. The number of nitrogens with one attached hydrogen (secondary N) is 1. The highest BCUT2D eigenvalue weighted by atomic mass is 35.5. The summed E-state index contributed by atoms with van der Waals surface area (Å²) in [7, 11) is -2.67. The monoisotopic (exact) mass is 647 g/mol. The first kappa shape index (κ1) is 33.6. The van der Waals surface area contributed by atoms with Gasteiger partial charge >= 0.3 is 0 Å². The van der Waals surface area contributed by atoms with Gasteiger partial charge < -0.3 is 15.0 Å². The van der Waals surface area contributed by atoms with Crippen LogP contribution in [0.25, 0.3) is 0 Å². The summed E-state index contributed by atoms with van der Waals surface area (Å²) >= 11 is 6.44. The predicted molar refractivity (Wildman–Crippen MR) is 178 cm³/mol. The third-order valence-electron chi connectivity index (χ3n) is 7.31. The molecule has 0 aromatic heterocycles. The van der Waals surface area contributed by atoms with Gasteiger partial charge in [0.25, 0.3) is 10.0 Å². The van der Waals surface area contributed by atoms with Gasteiger partial charge in [0.1, 0.15) is 18.3 Å². The largest absolute Gasteiger partial charge is 0.497 e. The number of carbonyl (C=O) groups is 2. The lowest BCUT2D eigenvalue weighted by Gasteiger charge is -2.34. The van der Waals surface area contributed by atoms with E-state index in [1.54, 1.807) is 68.6 Å². The van der Waals surface area contributed by atoms with Crippen molar-refractivity contribution >= 4 is 39.1 Å². The van der Waals surface area contributed by atoms with Crippen LogP contribution in [0.5, 0.6) is 5.75 Å². The number of nitrogens with zero attached hydrogens (tertiary/aromatic N) is 2. The van der Waals surface area contributed by atoms with Crippen LogP contribution in [-0.4, -0.2) is 50.9 Å². The van der Waals surface area contributed by atoms with Crippen molar-refractivity contribution in [2.45, 2.75) is 50.7 Å². The van der Waals surface area contributed by atoms with Crippen molar-refractivity contribution in [3.05, 3.63) is 125 Å². The smallest absolute Gasteiger partial charge is 0.264 e. The van der Waals surface area contributed by atoms with Gasteiger partial charge in [-0.05, 0) is 73.9 Å². The molecule has 0 saturated carbocycles. The molecule has 0 aliphatic carbocycles. The summed E-state index contributed by atoms with van der Waals surface area (Å²) in [6, 6.07) is 28.4. The first-order valence-electron chi connectivity index (χ1n) is 14.6. The molecule has 2 amide bonds. The highest BCUT2D eigenvalue weighted by Crippen LogP contribution is 2.31. The second-order valence-electron chi connectivity index (χ2n) is 11.0. The number of ether oxygens (including phenoxy) is 1. The van der Waals surface area contributed by atoms with Gasteiger partial charge in [-0.3, -0.25) is 13.9 Å². The Kier molecular flexibility index (Phi) is 11.3. The number of anilines is 1. The van der Waals surface area contributed by atoms with Gasteiger partial charge in [0.2, 0.25) is 11.8 Å². The molecule has 0 saturated heterocycles. The number of amides is 2. The zero-order valence-corrected chi connectivity index (χ0v) is 27.4. The second-order valence-corrected chi connectivity index (χ2v) is 13.2. The second kappa shape index (κ2) is 15.1. The van der Waals surface area contributed by atoms with Crippen LogP contribution in [0.3, 0.4) is 0 Å². The van der Waals surface area contributed by atoms with E-state index in [2.05, 4.69) is 5.32 Å². The number of sulfonamides is 1. The lowest BCUT2D eigenvalue weighted by Crippen LogP contribution is -2.54. The minimum atomic E-state index is -4.22. The standard InChI is InChI=1S/C35H38ClN3O5S/c1-25(2)37-35(41)33(22-27-13-7-5-8-14-27)38(23-28-15-11-16-29(21-28)44-4)34(40)24-39(32-20-12-19-31(36)26(32)3)45(42,43)30-17-9-6-10-18-30/h5-21,25,33H,22-24H2,1-4H3,(H,37,41). The van der Waals surface area contributed by atoms with Crippen molar-refractivity contribution in [1.82, 2.24) is 10.2 Å². The lowest BCUT2D eigenvalue weighted by molar-refractivity contribution is -0.140. The van der Waals surface area contributed by atoms with Gasteiger partial charge in [-0.25, -0.2) is 8.42 Å². The van der Waals surface area contributed by atoms with E-state index in [0.29, 0.717) is 16.3 Å². The van der Waals surface area contributed by atoms with E-state index >= 15 is 0 Å². The van der Waals surface area contributed by atoms with E-state index in [4.69, 9.17) is 16.3 Å². The van der Waals surface area contributed by atoms with Crippen molar-refractivity contribution in [3.8, 4) is 5.75 Å². The molecular weight excluding hydrogens is 610 g/mol. The minimum Gasteiger partial charge on any atom is -0.497 e. The highest BCUT2D eigenvalue weighted by molar-refractivity contribution is 7.92. The molecule has 0 spiro atoms. The Morgan fingerprint density at radius 2 is 1.49 bits per heavy atom. The predicted octanol–water partition coefficient (Wildman–Crippen LogP) is 6.02. The van der Waals surface area contributed by atoms with Gasteiger partial charge in [-0.2, -0.15) is 0 Å². The fourth-order valence-corrected chi connectivity index (χ4v) is 6.66. The molecule has 4 rings (SSSR count). The van der Waals surface area contributed by atoms with E-state index in [9.17, 15) is 18.0 Å². The first-order chi connectivity index (χ1) is 21.5. The molecule has 10 heteroatoms. The summed E-state index contributed by atoms with van der Waals surface area (Å²) in [4.78, 5) is 29.8. The number of rotatable bonds is 13. The third-order valence-corrected chi connectivity index (χ3v) is 9.49. The summed E-state index contributed by atoms with van der Waals surface area (Å²) in [5.74, 6) is -0.313. The molecule has 1 N–H and O–H groups in total. The summed E-state index contributed by atoms with van der Waals surface area (Å²) in [6.45, 7) is 4.87. The number of halogens is 1. The van der Waals surface area contributed by atoms with Crippen molar-refractivity contribution in [2.75, 3.05) is 18.0 Å². The van der Waals surface area contributed by atoms with Crippen LogP contribution in [0.1, 0.15) is 30.5 Å². The minimum absolute atomic E-state index is 0.0231. The van der Waals surface area contributed by atoms with Crippen LogP contribution in [0.4, 0.5) is 5.69 Å². The van der Waals surface area contributed by atoms with Crippen molar-refractivity contribution in [1.29, 1.82) is 0 Å². The molecule has 236 valence electrons. The van der Waals surface area contributed by atoms with Crippen LogP contribution >= 0.6 is 11.6 Å². The Morgan fingerprint density at radius 3 is 2.13 bits per heavy atom. The maximum atomic E-state index is 14.6. The number of hydrogen-bond acceptors (Lipinski definition) is 5. The van der Waals surface area contributed by atoms with Crippen LogP contribution in [0.15, 0.2) is 108 Å². The zero-order valence-electron chi connectivity index (χ0n) is 25.8. The van der Waals surface area contributed by atoms with Gasteiger partial charge in [-0.15, -0.1) is 0 Å². The van der Waals surface area contributed by atoms with E-state index in [-0.39, 0.29) is 35.5 Å². The third kappa shape index (κ3) is 8.44. The van der Waals surface area contributed by atoms with Crippen LogP contribution in [0.2, 0.25) is 5.02 Å². The van der Waals surface area contributed by atoms with Crippen molar-refractivity contribution in [3.63, 3.8) is 0 Å². The van der Waals surface area contributed by atoms with Crippen molar-refractivity contribution < 1.29 is 22.7 Å². The van der Waals surface area contributed by atoms with E-state index in [0.717, 1.165) is 15.4 Å². The van der Waals surface area contributed by atoms with E-state index in [1.165, 1.54) is 17.0 Å². The molecule has 0 aliphatic heterocycles. The lowest BCUT2D eigenvalue weighted by atomic mass is 10.0. The molecule has 8 nitrogen and oxygen atoms in total. The fourth-order valence-electron chi connectivity index (χ4n) is 5.00. The Hall–Kier alpha value is -4.34. The number of benzene rings is 4. The summed E-state index contributed by atoms with van der Waals surface area (Å²) in [5.41, 5.74) is 2.34. The van der Waals surface area contributed by atoms with Gasteiger partial charge in [0.05, 0.1) is 17.7 Å². The molecule has 1 unspecified atom stereocenters. The SMILES string of the molecule is COc1cccc(CN(C(=O)CN(c2cccc(Cl)c2C)S(=O)(=O)c2ccccc2)C(Cc2ccccc2)C(=O)NC(C)C)c1. The molecular formula is C35H38ClN3O5S. The highest BCUT2D eigenvalue weighted by Gasteiger charge is 2.35. The quantitative estimate of drug-likeness (QED) is 0.192. The fraction of sp³-hybridized carbons (Fsp3) is 0.257. The van der Waals surface area contributed by atoms with E-state index < -0.39 is 28.5 Å². The molecule has 0 heterocycles. The molecule has 0 bridgehead atoms. The number of hydrogen-bond donors (Lipinski definition) is 1. The topological polar surface area (TPSA) is 96.0 Å². The van der Waals surface area contributed by atoms with Gasteiger partial charge in [-0.1, -0.05) is 78.3 Å². The molecule has 1 atom stereocenters. The summed E-state index contributed by atoms with van der Waals surface area (Å²) in [6.07, 6.45) is 0.219.